The van der Waals surface area contributed by atoms with Gasteiger partial charge < -0.3 is 15.2 Å². The second-order valence-electron chi connectivity index (χ2n) is 8.78. The van der Waals surface area contributed by atoms with E-state index in [-0.39, 0.29) is 23.8 Å². The van der Waals surface area contributed by atoms with Crippen LogP contribution in [0.25, 0.3) is 0 Å². The van der Waals surface area contributed by atoms with Gasteiger partial charge in [-0.15, -0.1) is 0 Å². The summed E-state index contributed by atoms with van der Waals surface area (Å²) in [6.45, 7) is 7.03. The molecule has 0 saturated carbocycles. The Kier molecular flexibility index (Phi) is 6.60. The minimum Gasteiger partial charge on any atom is -0.356 e. The first kappa shape index (κ1) is 22.1. The number of anilines is 1. The van der Waals surface area contributed by atoms with Crippen LogP contribution in [0.15, 0.2) is 52.4 Å². The van der Waals surface area contributed by atoms with Gasteiger partial charge in [0.2, 0.25) is 0 Å². The van der Waals surface area contributed by atoms with Crippen LogP contribution in [0.5, 0.6) is 0 Å². The lowest BCUT2D eigenvalue weighted by Crippen LogP contribution is -2.48. The molecule has 1 aromatic carbocycles. The largest absolute Gasteiger partial charge is 0.356 e. The highest BCUT2D eigenvalue weighted by atomic mass is 16.2. The first-order valence-corrected chi connectivity index (χ1v) is 11.3. The topological polar surface area (TPSA) is 91.1 Å². The molecule has 32 heavy (non-hydrogen) atoms. The molecular weight excluding hydrogens is 404 g/mol. The maximum atomic E-state index is 13.5. The first-order chi connectivity index (χ1) is 15.4. The number of nitrogens with zero attached hydrogens (tertiary/aromatic N) is 5. The van der Waals surface area contributed by atoms with E-state index in [0.717, 1.165) is 49.2 Å². The van der Waals surface area contributed by atoms with E-state index >= 15 is 0 Å². The van der Waals surface area contributed by atoms with Gasteiger partial charge in [0.1, 0.15) is 5.82 Å². The SMILES string of the molecule is Cc1ccc(Cn2c(=O)cc(N3CCC[C@@H](N)C3)n(CCCn3cncc3C)c2=O)cc1. The predicted octanol–water partition coefficient (Wildman–Crippen LogP) is 1.89. The van der Waals surface area contributed by atoms with Gasteiger partial charge in [0.05, 0.1) is 12.9 Å². The molecule has 1 atom stereocenters. The third-order valence-electron chi connectivity index (χ3n) is 6.20. The van der Waals surface area contributed by atoms with E-state index in [4.69, 9.17) is 5.73 Å². The van der Waals surface area contributed by atoms with Crippen molar-refractivity contribution in [1.29, 1.82) is 0 Å². The number of rotatable bonds is 7. The van der Waals surface area contributed by atoms with Crippen molar-refractivity contribution in [3.63, 3.8) is 0 Å². The van der Waals surface area contributed by atoms with Crippen LogP contribution >= 0.6 is 0 Å². The maximum Gasteiger partial charge on any atom is 0.332 e. The van der Waals surface area contributed by atoms with Crippen LogP contribution in [0.2, 0.25) is 0 Å². The molecule has 3 aromatic rings. The average Bonchev–Trinajstić information content (AvgIpc) is 3.18. The summed E-state index contributed by atoms with van der Waals surface area (Å²) in [4.78, 5) is 32.8. The summed E-state index contributed by atoms with van der Waals surface area (Å²) in [5.41, 5.74) is 8.81. The third kappa shape index (κ3) is 4.85. The Labute approximate surface area is 187 Å². The molecule has 1 aliphatic rings. The van der Waals surface area contributed by atoms with Crippen molar-refractivity contribution in [2.24, 2.45) is 5.73 Å². The van der Waals surface area contributed by atoms with Crippen molar-refractivity contribution in [1.82, 2.24) is 18.7 Å². The standard InChI is InChI=1S/C24H32N6O2/c1-18-6-8-20(9-7-18)15-30-23(31)13-22(27-10-3-5-21(25)16-27)29(24(30)32)12-4-11-28-17-26-14-19(28)2/h6-9,13-14,17,21H,3-5,10-12,15-16,25H2,1-2H3/t21-/m1/s1. The van der Waals surface area contributed by atoms with Crippen LogP contribution < -0.4 is 21.9 Å². The lowest BCUT2D eigenvalue weighted by molar-refractivity contribution is 0.473. The number of hydrogen-bond donors (Lipinski definition) is 1. The van der Waals surface area contributed by atoms with Crippen molar-refractivity contribution >= 4 is 5.82 Å². The Morgan fingerprint density at radius 1 is 1.09 bits per heavy atom. The van der Waals surface area contributed by atoms with Crippen molar-refractivity contribution in [2.75, 3.05) is 18.0 Å². The molecule has 1 fully saturated rings. The summed E-state index contributed by atoms with van der Waals surface area (Å²) >= 11 is 0. The Hall–Kier alpha value is -3.13. The molecule has 8 heteroatoms. The molecule has 0 aliphatic carbocycles. The second-order valence-corrected chi connectivity index (χ2v) is 8.78. The molecule has 4 rings (SSSR count). The van der Waals surface area contributed by atoms with E-state index in [1.807, 2.05) is 44.3 Å². The van der Waals surface area contributed by atoms with E-state index < -0.39 is 0 Å². The molecule has 2 aromatic heterocycles. The van der Waals surface area contributed by atoms with Crippen molar-refractivity contribution in [2.45, 2.75) is 58.8 Å². The van der Waals surface area contributed by atoms with Gasteiger partial charge in [0.15, 0.2) is 0 Å². The monoisotopic (exact) mass is 436 g/mol. The van der Waals surface area contributed by atoms with E-state index in [0.29, 0.717) is 18.9 Å². The molecule has 0 radical (unpaired) electrons. The molecule has 170 valence electrons. The number of piperidine rings is 1. The quantitative estimate of drug-likeness (QED) is 0.611. The molecule has 0 amide bonds. The van der Waals surface area contributed by atoms with E-state index in [2.05, 4.69) is 14.5 Å². The van der Waals surface area contributed by atoms with Crippen LogP contribution in [0.3, 0.4) is 0 Å². The van der Waals surface area contributed by atoms with Crippen molar-refractivity contribution in [3.8, 4) is 0 Å². The number of benzene rings is 1. The van der Waals surface area contributed by atoms with Crippen LogP contribution in [-0.2, 0) is 19.6 Å². The van der Waals surface area contributed by atoms with Crippen LogP contribution in [-0.4, -0.2) is 37.8 Å². The van der Waals surface area contributed by atoms with Gasteiger partial charge in [-0.1, -0.05) is 29.8 Å². The zero-order chi connectivity index (χ0) is 22.7. The molecule has 2 N–H and O–H groups in total. The normalized spacial score (nSPS) is 16.5. The molecule has 1 aliphatic heterocycles. The van der Waals surface area contributed by atoms with Crippen LogP contribution in [0.4, 0.5) is 5.82 Å². The van der Waals surface area contributed by atoms with Crippen LogP contribution in [0, 0.1) is 13.8 Å². The Morgan fingerprint density at radius 3 is 2.56 bits per heavy atom. The fraction of sp³-hybridized carbons (Fsp3) is 0.458. The summed E-state index contributed by atoms with van der Waals surface area (Å²) in [6, 6.07) is 9.58. The van der Waals surface area contributed by atoms with Crippen molar-refractivity contribution < 1.29 is 0 Å². The maximum absolute atomic E-state index is 13.5. The number of nitrogens with two attached hydrogens (primary N) is 1. The Bertz CT molecular complexity index is 1170. The molecule has 1 saturated heterocycles. The molecule has 0 spiro atoms. The zero-order valence-electron chi connectivity index (χ0n) is 18.9. The van der Waals surface area contributed by atoms with Gasteiger partial charge in [0, 0.05) is 50.2 Å². The number of aryl methyl sites for hydroxylation is 3. The molecule has 0 bridgehead atoms. The Balaban J connectivity index is 1.67. The minimum absolute atomic E-state index is 0.0518. The second kappa shape index (κ2) is 9.56. The molecule has 0 unspecified atom stereocenters. The number of hydrogen-bond acceptors (Lipinski definition) is 5. The highest BCUT2D eigenvalue weighted by Crippen LogP contribution is 2.18. The van der Waals surface area contributed by atoms with Gasteiger partial charge >= 0.3 is 5.69 Å². The molecular formula is C24H32N6O2. The predicted molar refractivity (Wildman–Crippen MR) is 126 cm³/mol. The van der Waals surface area contributed by atoms with E-state index in [1.165, 1.54) is 4.57 Å². The summed E-state index contributed by atoms with van der Waals surface area (Å²) in [5.74, 6) is 0.678. The van der Waals surface area contributed by atoms with Gasteiger partial charge in [-0.2, -0.15) is 0 Å². The fourth-order valence-electron chi connectivity index (χ4n) is 4.34. The number of imidazole rings is 1. The minimum atomic E-state index is -0.272. The summed E-state index contributed by atoms with van der Waals surface area (Å²) in [5, 5.41) is 0. The molecule has 8 nitrogen and oxygen atoms in total. The van der Waals surface area contributed by atoms with Crippen molar-refractivity contribution in [3.05, 3.63) is 80.5 Å². The van der Waals surface area contributed by atoms with Gasteiger partial charge in [-0.05, 0) is 38.7 Å². The summed E-state index contributed by atoms with van der Waals surface area (Å²) in [6.07, 6.45) is 6.31. The zero-order valence-corrected chi connectivity index (χ0v) is 18.9. The lowest BCUT2D eigenvalue weighted by atomic mass is 10.1. The van der Waals surface area contributed by atoms with Gasteiger partial charge in [-0.3, -0.25) is 13.9 Å². The smallest absolute Gasteiger partial charge is 0.332 e. The highest BCUT2D eigenvalue weighted by Gasteiger charge is 2.22. The highest BCUT2D eigenvalue weighted by molar-refractivity contribution is 5.39. The lowest BCUT2D eigenvalue weighted by Gasteiger charge is -2.34. The summed E-state index contributed by atoms with van der Waals surface area (Å²) < 4.78 is 5.16. The number of aromatic nitrogens is 4. The fourth-order valence-corrected chi connectivity index (χ4v) is 4.34. The van der Waals surface area contributed by atoms with E-state index in [1.54, 1.807) is 17.0 Å². The third-order valence-corrected chi connectivity index (χ3v) is 6.20. The first-order valence-electron chi connectivity index (χ1n) is 11.3. The molecule has 3 heterocycles. The van der Waals surface area contributed by atoms with Gasteiger partial charge in [-0.25, -0.2) is 9.78 Å². The van der Waals surface area contributed by atoms with Crippen LogP contribution in [0.1, 0.15) is 36.1 Å². The van der Waals surface area contributed by atoms with E-state index in [9.17, 15) is 9.59 Å². The Morgan fingerprint density at radius 2 is 1.88 bits per heavy atom. The average molecular weight is 437 g/mol. The summed E-state index contributed by atoms with van der Waals surface area (Å²) in [7, 11) is 0. The van der Waals surface area contributed by atoms with Gasteiger partial charge in [0.25, 0.3) is 5.56 Å².